The van der Waals surface area contributed by atoms with E-state index >= 15 is 0 Å². The molecule has 4 fully saturated rings. The maximum Gasteiger partial charge on any atom is 0.0441 e. The van der Waals surface area contributed by atoms with Crippen molar-refractivity contribution in [2.24, 2.45) is 28.3 Å². The lowest BCUT2D eigenvalue weighted by Gasteiger charge is -2.58. The first kappa shape index (κ1) is 9.20. The third-order valence-corrected chi connectivity index (χ3v) is 6.13. The molecule has 0 saturated heterocycles. The number of nitrogens with zero attached hydrogens (tertiary/aromatic N) is 1. The highest BCUT2D eigenvalue weighted by Crippen LogP contribution is 2.62. The van der Waals surface area contributed by atoms with Crippen molar-refractivity contribution >= 4 is 11.9 Å². The maximum atomic E-state index is 10.5. The Kier molecular flexibility index (Phi) is 1.95. The first-order valence-electron chi connectivity index (χ1n) is 5.73. The van der Waals surface area contributed by atoms with Crippen LogP contribution in [0.3, 0.4) is 0 Å². The predicted molar refractivity (Wildman–Crippen MR) is 58.8 cm³/mol. The average molecular weight is 211 g/mol. The van der Waals surface area contributed by atoms with Gasteiger partial charge in [-0.1, -0.05) is 0 Å². The van der Waals surface area contributed by atoms with Crippen LogP contribution in [-0.2, 0) is 0 Å². The molecular formula is C11H17NOS. The Labute approximate surface area is 89.3 Å². The van der Waals surface area contributed by atoms with Crippen LogP contribution in [0.4, 0.5) is 0 Å². The van der Waals surface area contributed by atoms with Crippen LogP contribution in [0.2, 0.25) is 0 Å². The Hall–Kier alpha value is -0.0500. The number of rotatable bonds is 2. The van der Waals surface area contributed by atoms with Crippen LogP contribution < -0.4 is 0 Å². The quantitative estimate of drug-likeness (QED) is 0.515. The fourth-order valence-corrected chi connectivity index (χ4v) is 5.19. The lowest BCUT2D eigenvalue weighted by Crippen LogP contribution is -2.53. The van der Waals surface area contributed by atoms with E-state index in [0.717, 1.165) is 23.7 Å². The zero-order chi connectivity index (χ0) is 9.76. The zero-order valence-corrected chi connectivity index (χ0v) is 9.43. The molecule has 4 saturated carbocycles. The molecule has 3 heteroatoms. The van der Waals surface area contributed by atoms with Crippen LogP contribution in [0.25, 0.3) is 0 Å². The second kappa shape index (κ2) is 2.97. The van der Waals surface area contributed by atoms with Crippen molar-refractivity contribution in [2.75, 3.05) is 0 Å². The topological polar surface area (TPSA) is 29.4 Å². The van der Waals surface area contributed by atoms with Gasteiger partial charge in [0, 0.05) is 21.3 Å². The second-order valence-electron chi connectivity index (χ2n) is 5.65. The van der Waals surface area contributed by atoms with Crippen molar-refractivity contribution in [1.82, 2.24) is 0 Å². The standard InChI is InChI=1S/C11H17NOS/c1-11(14-12-13)9-3-7-2-8(5-9)6-10(11)4-7/h7-10H,2-6H2,1H3. The molecule has 0 aromatic carbocycles. The van der Waals surface area contributed by atoms with E-state index in [9.17, 15) is 4.91 Å². The summed E-state index contributed by atoms with van der Waals surface area (Å²) in [7, 11) is 0. The lowest BCUT2D eigenvalue weighted by atomic mass is 9.52. The third-order valence-electron chi connectivity index (χ3n) is 4.99. The fourth-order valence-electron chi connectivity index (χ4n) is 4.35. The Morgan fingerprint density at radius 1 is 1.07 bits per heavy atom. The summed E-state index contributed by atoms with van der Waals surface area (Å²) in [6.45, 7) is 2.28. The molecule has 0 unspecified atom stereocenters. The summed E-state index contributed by atoms with van der Waals surface area (Å²) in [6.07, 6.45) is 6.94. The average Bonchev–Trinajstić information content (AvgIpc) is 2.14. The first-order valence-corrected chi connectivity index (χ1v) is 6.50. The van der Waals surface area contributed by atoms with Gasteiger partial charge in [0.15, 0.2) is 0 Å². The number of nitroso groups, excluding NO2 is 1. The number of hydrogen-bond donors (Lipinski definition) is 0. The molecule has 4 aliphatic carbocycles. The third kappa shape index (κ3) is 1.11. The monoisotopic (exact) mass is 211 g/mol. The normalized spacial score (nSPS) is 54.9. The van der Waals surface area contributed by atoms with Crippen LogP contribution in [0.5, 0.6) is 0 Å². The zero-order valence-electron chi connectivity index (χ0n) is 8.61. The largest absolute Gasteiger partial charge is 0.137 e. The molecule has 0 amide bonds. The van der Waals surface area contributed by atoms with E-state index in [-0.39, 0.29) is 4.75 Å². The Morgan fingerprint density at radius 2 is 1.57 bits per heavy atom. The van der Waals surface area contributed by atoms with E-state index in [2.05, 4.69) is 11.5 Å². The molecule has 0 N–H and O–H groups in total. The summed E-state index contributed by atoms with van der Waals surface area (Å²) in [5.74, 6) is 3.53. The molecule has 0 aromatic rings. The molecule has 0 heterocycles. The van der Waals surface area contributed by atoms with Crippen molar-refractivity contribution in [3.8, 4) is 0 Å². The van der Waals surface area contributed by atoms with Crippen molar-refractivity contribution in [3.63, 3.8) is 0 Å². The Balaban J connectivity index is 1.90. The molecular weight excluding hydrogens is 194 g/mol. The van der Waals surface area contributed by atoms with E-state index in [4.69, 9.17) is 0 Å². The molecule has 0 aliphatic heterocycles. The highest BCUT2D eigenvalue weighted by Gasteiger charge is 2.55. The van der Waals surface area contributed by atoms with Gasteiger partial charge in [0.1, 0.15) is 0 Å². The molecule has 14 heavy (non-hydrogen) atoms. The molecule has 2 nitrogen and oxygen atoms in total. The van der Waals surface area contributed by atoms with Crippen molar-refractivity contribution < 1.29 is 0 Å². The minimum Gasteiger partial charge on any atom is -0.137 e. The van der Waals surface area contributed by atoms with Crippen LogP contribution in [0, 0.1) is 28.6 Å². The minimum absolute atomic E-state index is 0.190. The summed E-state index contributed by atoms with van der Waals surface area (Å²) < 4.78 is 3.31. The fraction of sp³-hybridized carbons (Fsp3) is 1.00. The van der Waals surface area contributed by atoms with Crippen LogP contribution in [-0.4, -0.2) is 4.75 Å². The van der Waals surface area contributed by atoms with Crippen LogP contribution >= 0.6 is 11.9 Å². The second-order valence-corrected chi connectivity index (χ2v) is 6.87. The molecule has 0 atom stereocenters. The molecule has 4 bridgehead atoms. The SMILES string of the molecule is CC1(SN=O)C2CC3CC(C2)CC1C3. The highest BCUT2D eigenvalue weighted by molar-refractivity contribution is 7.99. The van der Waals surface area contributed by atoms with Crippen molar-refractivity contribution in [1.29, 1.82) is 0 Å². The summed E-state index contributed by atoms with van der Waals surface area (Å²) in [4.78, 5) is 10.5. The van der Waals surface area contributed by atoms with Crippen LogP contribution in [0.15, 0.2) is 4.58 Å². The van der Waals surface area contributed by atoms with E-state index in [1.54, 1.807) is 0 Å². The van der Waals surface area contributed by atoms with Gasteiger partial charge >= 0.3 is 0 Å². The van der Waals surface area contributed by atoms with E-state index < -0.39 is 0 Å². The van der Waals surface area contributed by atoms with Gasteiger partial charge in [0.2, 0.25) is 0 Å². The van der Waals surface area contributed by atoms with E-state index in [1.807, 2.05) is 0 Å². The van der Waals surface area contributed by atoms with E-state index in [1.165, 1.54) is 44.1 Å². The molecule has 4 rings (SSSR count). The van der Waals surface area contributed by atoms with Gasteiger partial charge in [-0.15, -0.1) is 4.91 Å². The summed E-state index contributed by atoms with van der Waals surface area (Å²) in [5, 5.41) is 0. The van der Waals surface area contributed by atoms with Gasteiger partial charge in [-0.05, 0) is 62.7 Å². The van der Waals surface area contributed by atoms with Gasteiger partial charge in [-0.3, -0.25) is 0 Å². The van der Waals surface area contributed by atoms with Gasteiger partial charge in [0.25, 0.3) is 0 Å². The van der Waals surface area contributed by atoms with Crippen molar-refractivity contribution in [3.05, 3.63) is 4.91 Å². The smallest absolute Gasteiger partial charge is 0.0441 e. The molecule has 0 aromatic heterocycles. The summed E-state index contributed by atoms with van der Waals surface area (Å²) in [5.41, 5.74) is 0. The first-order chi connectivity index (χ1) is 6.72. The maximum absolute atomic E-state index is 10.5. The Morgan fingerprint density at radius 3 is 2.00 bits per heavy atom. The Bertz CT molecular complexity index is 238. The predicted octanol–water partition coefficient (Wildman–Crippen LogP) is 3.62. The molecule has 0 radical (unpaired) electrons. The lowest BCUT2D eigenvalue weighted by molar-refractivity contribution is -0.00966. The van der Waals surface area contributed by atoms with Gasteiger partial charge in [0.05, 0.1) is 0 Å². The highest BCUT2D eigenvalue weighted by atomic mass is 32.2. The molecule has 78 valence electrons. The van der Waals surface area contributed by atoms with Gasteiger partial charge < -0.3 is 0 Å². The van der Waals surface area contributed by atoms with Crippen molar-refractivity contribution in [2.45, 2.75) is 43.8 Å². The summed E-state index contributed by atoms with van der Waals surface area (Å²) >= 11 is 1.34. The van der Waals surface area contributed by atoms with Gasteiger partial charge in [-0.2, -0.15) is 0 Å². The van der Waals surface area contributed by atoms with E-state index in [0.29, 0.717) is 0 Å². The van der Waals surface area contributed by atoms with Gasteiger partial charge in [-0.25, -0.2) is 0 Å². The molecule has 0 spiro atoms. The minimum atomic E-state index is 0.190. The summed E-state index contributed by atoms with van der Waals surface area (Å²) in [6, 6.07) is 0. The molecule has 4 aliphatic rings. The van der Waals surface area contributed by atoms with Crippen LogP contribution in [0.1, 0.15) is 39.0 Å². The number of hydrogen-bond acceptors (Lipinski definition) is 3.